The maximum atomic E-state index is 12.2. The number of hydrogen-bond donors (Lipinski definition) is 1. The van der Waals surface area contributed by atoms with E-state index >= 15 is 0 Å². The normalized spacial score (nSPS) is 28.6. The number of amides is 1. The molecule has 3 atom stereocenters. The van der Waals surface area contributed by atoms with Crippen LogP contribution in [0.25, 0.3) is 0 Å². The van der Waals surface area contributed by atoms with E-state index in [0.29, 0.717) is 6.61 Å². The molecule has 2 saturated carbocycles. The monoisotopic (exact) mass is 273 g/mol. The van der Waals surface area contributed by atoms with Gasteiger partial charge in [0.05, 0.1) is 12.6 Å². The molecule has 0 spiro atoms. The van der Waals surface area contributed by atoms with Crippen LogP contribution in [0.4, 0.5) is 0 Å². The van der Waals surface area contributed by atoms with Crippen LogP contribution in [0.15, 0.2) is 24.3 Å². The van der Waals surface area contributed by atoms with Crippen LogP contribution in [0.5, 0.6) is 5.75 Å². The van der Waals surface area contributed by atoms with Crippen molar-refractivity contribution in [2.45, 2.75) is 39.2 Å². The molecule has 0 saturated heterocycles. The molecule has 1 aromatic carbocycles. The van der Waals surface area contributed by atoms with Crippen LogP contribution in [0.3, 0.4) is 0 Å². The first-order valence-electron chi connectivity index (χ1n) is 7.70. The van der Waals surface area contributed by atoms with Crippen LogP contribution in [0.1, 0.15) is 44.7 Å². The smallest absolute Gasteiger partial charge is 0.223 e. The Balaban J connectivity index is 1.55. The van der Waals surface area contributed by atoms with Crippen LogP contribution in [-0.4, -0.2) is 12.5 Å². The lowest BCUT2D eigenvalue weighted by atomic mass is 10.0. The molecule has 0 aliphatic heterocycles. The van der Waals surface area contributed by atoms with E-state index in [2.05, 4.69) is 5.32 Å². The third-order valence-corrected chi connectivity index (χ3v) is 4.66. The largest absolute Gasteiger partial charge is 0.494 e. The fourth-order valence-electron chi connectivity index (χ4n) is 3.36. The molecule has 0 heterocycles. The van der Waals surface area contributed by atoms with Crippen LogP contribution < -0.4 is 10.1 Å². The highest BCUT2D eigenvalue weighted by Gasteiger charge is 2.48. The van der Waals surface area contributed by atoms with E-state index in [4.69, 9.17) is 4.74 Å². The molecule has 0 aromatic heterocycles. The van der Waals surface area contributed by atoms with E-state index in [1.165, 1.54) is 6.42 Å². The van der Waals surface area contributed by atoms with Crippen LogP contribution >= 0.6 is 0 Å². The third-order valence-electron chi connectivity index (χ3n) is 4.66. The zero-order valence-electron chi connectivity index (χ0n) is 12.3. The number of benzene rings is 1. The van der Waals surface area contributed by atoms with Gasteiger partial charge < -0.3 is 10.1 Å². The lowest BCUT2D eigenvalue weighted by Crippen LogP contribution is -2.32. The standard InChI is InChI=1S/C17H23NO2/c1-3-20-16-6-4-12(5-7-16)11(2)18-17(19)15-9-13-8-14(13)10-15/h4-7,11,13-15H,3,8-10H2,1-2H3,(H,18,19). The van der Waals surface area contributed by atoms with E-state index in [1.54, 1.807) is 0 Å². The minimum Gasteiger partial charge on any atom is -0.494 e. The average Bonchev–Trinajstić information content (AvgIpc) is 3.06. The van der Waals surface area contributed by atoms with Gasteiger partial charge in [-0.15, -0.1) is 0 Å². The molecule has 1 aromatic rings. The van der Waals surface area contributed by atoms with Crippen LogP contribution in [0.2, 0.25) is 0 Å². The zero-order chi connectivity index (χ0) is 14.1. The van der Waals surface area contributed by atoms with Crippen molar-refractivity contribution in [3.8, 4) is 5.75 Å². The molecule has 1 N–H and O–H groups in total. The molecule has 3 unspecified atom stereocenters. The second-order valence-electron chi connectivity index (χ2n) is 6.16. The molecule has 3 nitrogen and oxygen atoms in total. The van der Waals surface area contributed by atoms with Crippen molar-refractivity contribution in [3.63, 3.8) is 0 Å². The Morgan fingerprint density at radius 2 is 1.90 bits per heavy atom. The van der Waals surface area contributed by atoms with Gasteiger partial charge in [0.1, 0.15) is 5.75 Å². The van der Waals surface area contributed by atoms with Gasteiger partial charge in [0.25, 0.3) is 0 Å². The summed E-state index contributed by atoms with van der Waals surface area (Å²) in [5.41, 5.74) is 1.13. The predicted octanol–water partition coefficient (Wildman–Crippen LogP) is 3.31. The van der Waals surface area contributed by atoms with Crippen molar-refractivity contribution in [1.82, 2.24) is 5.32 Å². The van der Waals surface area contributed by atoms with Crippen molar-refractivity contribution in [2.75, 3.05) is 6.61 Å². The predicted molar refractivity (Wildman–Crippen MR) is 78.5 cm³/mol. The first kappa shape index (κ1) is 13.5. The van der Waals surface area contributed by atoms with Crippen LogP contribution in [-0.2, 0) is 4.79 Å². The summed E-state index contributed by atoms with van der Waals surface area (Å²) >= 11 is 0. The fraction of sp³-hybridized carbons (Fsp3) is 0.588. The Morgan fingerprint density at radius 1 is 1.25 bits per heavy atom. The van der Waals surface area contributed by atoms with Gasteiger partial charge >= 0.3 is 0 Å². The van der Waals surface area contributed by atoms with Gasteiger partial charge in [-0.3, -0.25) is 4.79 Å². The van der Waals surface area contributed by atoms with E-state index < -0.39 is 0 Å². The van der Waals surface area contributed by atoms with Crippen molar-refractivity contribution in [1.29, 1.82) is 0 Å². The molecular formula is C17H23NO2. The van der Waals surface area contributed by atoms with E-state index in [0.717, 1.165) is 36.0 Å². The molecule has 1 amide bonds. The fourth-order valence-corrected chi connectivity index (χ4v) is 3.36. The van der Waals surface area contributed by atoms with Crippen molar-refractivity contribution >= 4 is 5.91 Å². The summed E-state index contributed by atoms with van der Waals surface area (Å²) in [7, 11) is 0. The average molecular weight is 273 g/mol. The number of rotatable bonds is 5. The van der Waals surface area contributed by atoms with Crippen molar-refractivity contribution in [2.24, 2.45) is 17.8 Å². The highest BCUT2D eigenvalue weighted by atomic mass is 16.5. The van der Waals surface area contributed by atoms with Crippen molar-refractivity contribution < 1.29 is 9.53 Å². The Morgan fingerprint density at radius 3 is 2.50 bits per heavy atom. The Kier molecular flexibility index (Phi) is 3.68. The highest BCUT2D eigenvalue weighted by Crippen LogP contribution is 2.54. The molecule has 2 aliphatic carbocycles. The minimum atomic E-state index is 0.0649. The first-order valence-corrected chi connectivity index (χ1v) is 7.70. The molecule has 3 rings (SSSR count). The molecule has 0 radical (unpaired) electrons. The third kappa shape index (κ3) is 2.82. The number of ether oxygens (including phenoxy) is 1. The van der Waals surface area contributed by atoms with Crippen molar-refractivity contribution in [3.05, 3.63) is 29.8 Å². The number of fused-ring (bicyclic) bond motifs is 1. The minimum absolute atomic E-state index is 0.0649. The molecule has 2 aliphatic rings. The van der Waals surface area contributed by atoms with Gasteiger partial charge in [-0.2, -0.15) is 0 Å². The van der Waals surface area contributed by atoms with E-state index in [-0.39, 0.29) is 17.9 Å². The maximum absolute atomic E-state index is 12.2. The number of nitrogens with one attached hydrogen (secondary N) is 1. The number of carbonyl (C=O) groups is 1. The van der Waals surface area contributed by atoms with E-state index in [9.17, 15) is 4.79 Å². The first-order chi connectivity index (χ1) is 9.67. The second-order valence-corrected chi connectivity index (χ2v) is 6.16. The summed E-state index contributed by atoms with van der Waals surface area (Å²) in [6, 6.07) is 8.05. The van der Waals surface area contributed by atoms with Gasteiger partial charge in [0.15, 0.2) is 0 Å². The van der Waals surface area contributed by atoms with Gasteiger partial charge in [-0.05, 0) is 62.6 Å². The Hall–Kier alpha value is -1.51. The number of carbonyl (C=O) groups excluding carboxylic acids is 1. The lowest BCUT2D eigenvalue weighted by molar-refractivity contribution is -0.125. The maximum Gasteiger partial charge on any atom is 0.223 e. The molecule has 3 heteroatoms. The Bertz CT molecular complexity index is 472. The van der Waals surface area contributed by atoms with Gasteiger partial charge in [-0.1, -0.05) is 12.1 Å². The molecular weight excluding hydrogens is 250 g/mol. The topological polar surface area (TPSA) is 38.3 Å². The highest BCUT2D eigenvalue weighted by molar-refractivity contribution is 5.79. The SMILES string of the molecule is CCOc1ccc(C(C)NC(=O)C2CC3CC3C2)cc1. The number of hydrogen-bond acceptors (Lipinski definition) is 2. The van der Waals surface area contributed by atoms with E-state index in [1.807, 2.05) is 38.1 Å². The van der Waals surface area contributed by atoms with Gasteiger partial charge in [-0.25, -0.2) is 0 Å². The summed E-state index contributed by atoms with van der Waals surface area (Å²) in [6.07, 6.45) is 3.57. The summed E-state index contributed by atoms with van der Waals surface area (Å²) < 4.78 is 5.43. The van der Waals surface area contributed by atoms with Gasteiger partial charge in [0.2, 0.25) is 5.91 Å². The molecule has 0 bridgehead atoms. The second kappa shape index (κ2) is 5.47. The molecule has 20 heavy (non-hydrogen) atoms. The Labute approximate surface area is 120 Å². The quantitative estimate of drug-likeness (QED) is 0.894. The lowest BCUT2D eigenvalue weighted by Gasteiger charge is -2.18. The van der Waals surface area contributed by atoms with Crippen LogP contribution in [0, 0.1) is 17.8 Å². The summed E-state index contributed by atoms with van der Waals surface area (Å²) in [4.78, 5) is 12.2. The summed E-state index contributed by atoms with van der Waals surface area (Å²) in [5, 5.41) is 3.15. The molecule has 108 valence electrons. The summed E-state index contributed by atoms with van der Waals surface area (Å²) in [6.45, 7) is 4.70. The molecule has 2 fully saturated rings. The van der Waals surface area contributed by atoms with Gasteiger partial charge in [0, 0.05) is 5.92 Å². The summed E-state index contributed by atoms with van der Waals surface area (Å²) in [5.74, 6) is 3.08. The zero-order valence-corrected chi connectivity index (χ0v) is 12.3.